The number of nitrogens with zero attached hydrogens (tertiary/aromatic N) is 4. The van der Waals surface area contributed by atoms with Gasteiger partial charge in [0.05, 0.1) is 6.61 Å². The number of rotatable bonds is 6. The Kier molecular flexibility index (Phi) is 4.67. The molecule has 2 aromatic heterocycles. The van der Waals surface area contributed by atoms with Crippen LogP contribution < -0.4 is 16.8 Å². The van der Waals surface area contributed by atoms with Crippen LogP contribution in [0.4, 0.5) is 11.8 Å². The molecular formula is C13H19N7O5. The molecule has 1 saturated heterocycles. The molecule has 2 aromatic rings. The molecule has 3 rings (SSSR count). The maximum Gasteiger partial charge on any atom is 0.219 e. The van der Waals surface area contributed by atoms with E-state index in [0.29, 0.717) is 0 Å². The smallest absolute Gasteiger partial charge is 0.219 e. The summed E-state index contributed by atoms with van der Waals surface area (Å²) < 4.78 is 6.94. The third kappa shape index (κ3) is 3.07. The predicted molar refractivity (Wildman–Crippen MR) is 85.0 cm³/mol. The Balaban J connectivity index is 2.02. The van der Waals surface area contributed by atoms with Crippen LogP contribution in [-0.2, 0) is 9.53 Å². The number of ether oxygens (including phenoxy) is 1. The number of primary amides is 1. The van der Waals surface area contributed by atoms with Gasteiger partial charge in [0.25, 0.3) is 0 Å². The van der Waals surface area contributed by atoms with Gasteiger partial charge in [-0.1, -0.05) is 0 Å². The fourth-order valence-corrected chi connectivity index (χ4v) is 2.68. The summed E-state index contributed by atoms with van der Waals surface area (Å²) in [7, 11) is 0. The molecular weight excluding hydrogens is 334 g/mol. The van der Waals surface area contributed by atoms with Crippen LogP contribution in [0.5, 0.6) is 0 Å². The largest absolute Gasteiger partial charge is 0.394 e. The van der Waals surface area contributed by atoms with Crippen LogP contribution >= 0.6 is 0 Å². The van der Waals surface area contributed by atoms with Crippen LogP contribution in [-0.4, -0.2) is 72.2 Å². The van der Waals surface area contributed by atoms with Crippen LogP contribution in [0.15, 0.2) is 6.33 Å². The topological polar surface area (TPSA) is 195 Å². The number of imidazole rings is 1. The first kappa shape index (κ1) is 17.3. The van der Waals surface area contributed by atoms with Crippen molar-refractivity contribution in [3.8, 4) is 0 Å². The number of nitrogen functional groups attached to an aromatic ring is 1. The van der Waals surface area contributed by atoms with E-state index >= 15 is 0 Å². The number of carbonyl (C=O) groups excluding carboxylic acids is 1. The zero-order chi connectivity index (χ0) is 18.1. The third-order valence-electron chi connectivity index (χ3n) is 3.93. The van der Waals surface area contributed by atoms with Gasteiger partial charge in [0, 0.05) is 13.0 Å². The summed E-state index contributed by atoms with van der Waals surface area (Å²) in [5, 5.41) is 32.4. The van der Waals surface area contributed by atoms with Gasteiger partial charge in [-0.05, 0) is 0 Å². The second kappa shape index (κ2) is 6.76. The number of aliphatic hydroxyl groups excluding tert-OH is 3. The van der Waals surface area contributed by atoms with E-state index in [2.05, 4.69) is 20.3 Å². The lowest BCUT2D eigenvalue weighted by Gasteiger charge is -2.19. The summed E-state index contributed by atoms with van der Waals surface area (Å²) in [6, 6.07) is 0. The SMILES string of the molecule is NC(=O)CCNc1nc2c(N)ncnc2n1[C@@H]1O[C@H](CO)[C@@H](O)[C@H]1O. The second-order valence-corrected chi connectivity index (χ2v) is 5.61. The van der Waals surface area contributed by atoms with Gasteiger partial charge in [-0.2, -0.15) is 0 Å². The lowest BCUT2D eigenvalue weighted by atomic mass is 10.1. The van der Waals surface area contributed by atoms with Gasteiger partial charge in [-0.15, -0.1) is 0 Å². The fourth-order valence-electron chi connectivity index (χ4n) is 2.68. The number of fused-ring (bicyclic) bond motifs is 1. The van der Waals surface area contributed by atoms with E-state index in [1.165, 1.54) is 10.9 Å². The number of anilines is 2. The molecule has 1 aliphatic rings. The fraction of sp³-hybridized carbons (Fsp3) is 0.538. The zero-order valence-electron chi connectivity index (χ0n) is 13.1. The van der Waals surface area contributed by atoms with Gasteiger partial charge in [0.2, 0.25) is 11.9 Å². The van der Waals surface area contributed by atoms with Gasteiger partial charge in [0.15, 0.2) is 23.2 Å². The molecule has 1 fully saturated rings. The number of aromatic nitrogens is 4. The van der Waals surface area contributed by atoms with E-state index in [9.17, 15) is 20.1 Å². The molecule has 0 radical (unpaired) electrons. The summed E-state index contributed by atoms with van der Waals surface area (Å²) in [5.41, 5.74) is 11.5. The first-order chi connectivity index (χ1) is 11.9. The van der Waals surface area contributed by atoms with E-state index in [-0.39, 0.29) is 35.9 Å². The highest BCUT2D eigenvalue weighted by atomic mass is 16.6. The Labute approximate surface area is 141 Å². The third-order valence-corrected chi connectivity index (χ3v) is 3.93. The lowest BCUT2D eigenvalue weighted by Crippen LogP contribution is -2.33. The first-order valence-electron chi connectivity index (χ1n) is 7.57. The van der Waals surface area contributed by atoms with Gasteiger partial charge in [-0.25, -0.2) is 15.0 Å². The van der Waals surface area contributed by atoms with Gasteiger partial charge in [-0.3, -0.25) is 9.36 Å². The average Bonchev–Trinajstić information content (AvgIpc) is 3.07. The molecule has 0 saturated carbocycles. The van der Waals surface area contributed by atoms with Crippen LogP contribution in [0.25, 0.3) is 11.2 Å². The van der Waals surface area contributed by atoms with Crippen molar-refractivity contribution in [3.05, 3.63) is 6.33 Å². The Hall–Kier alpha value is -2.54. The molecule has 0 spiro atoms. The molecule has 0 aromatic carbocycles. The second-order valence-electron chi connectivity index (χ2n) is 5.61. The van der Waals surface area contributed by atoms with Crippen molar-refractivity contribution in [2.75, 3.05) is 24.2 Å². The number of amides is 1. The van der Waals surface area contributed by atoms with Crippen molar-refractivity contribution in [2.45, 2.75) is 31.0 Å². The predicted octanol–water partition coefficient (Wildman–Crippen LogP) is -2.69. The molecule has 0 bridgehead atoms. The molecule has 12 heteroatoms. The van der Waals surface area contributed by atoms with Crippen molar-refractivity contribution in [3.63, 3.8) is 0 Å². The molecule has 3 heterocycles. The van der Waals surface area contributed by atoms with Crippen LogP contribution in [0, 0.1) is 0 Å². The van der Waals surface area contributed by atoms with Crippen LogP contribution in [0.3, 0.4) is 0 Å². The molecule has 136 valence electrons. The van der Waals surface area contributed by atoms with Crippen molar-refractivity contribution in [2.24, 2.45) is 5.73 Å². The quantitative estimate of drug-likeness (QED) is 0.318. The molecule has 0 unspecified atom stereocenters. The van der Waals surface area contributed by atoms with Crippen molar-refractivity contribution >= 4 is 28.8 Å². The highest BCUT2D eigenvalue weighted by Crippen LogP contribution is 2.34. The Bertz CT molecular complexity index is 781. The van der Waals surface area contributed by atoms with Crippen molar-refractivity contribution < 1.29 is 24.9 Å². The van der Waals surface area contributed by atoms with E-state index in [1.54, 1.807) is 0 Å². The van der Waals surface area contributed by atoms with E-state index < -0.39 is 37.1 Å². The Morgan fingerprint density at radius 2 is 2.12 bits per heavy atom. The highest BCUT2D eigenvalue weighted by molar-refractivity contribution is 5.84. The maximum absolute atomic E-state index is 10.9. The minimum absolute atomic E-state index is 0.0559. The average molecular weight is 353 g/mol. The number of carbonyl (C=O) groups is 1. The van der Waals surface area contributed by atoms with Gasteiger partial charge in [0.1, 0.15) is 24.6 Å². The molecule has 12 nitrogen and oxygen atoms in total. The van der Waals surface area contributed by atoms with Crippen molar-refractivity contribution in [1.82, 2.24) is 19.5 Å². The Morgan fingerprint density at radius 1 is 1.36 bits per heavy atom. The van der Waals surface area contributed by atoms with Gasteiger partial charge < -0.3 is 36.8 Å². The summed E-state index contributed by atoms with van der Waals surface area (Å²) in [6.45, 7) is -0.288. The number of nitrogens with two attached hydrogens (primary N) is 2. The van der Waals surface area contributed by atoms with E-state index in [4.69, 9.17) is 16.2 Å². The maximum atomic E-state index is 10.9. The summed E-state index contributed by atoms with van der Waals surface area (Å²) in [6.07, 6.45) is -3.37. The lowest BCUT2D eigenvalue weighted by molar-refractivity contribution is -0.117. The molecule has 25 heavy (non-hydrogen) atoms. The summed E-state index contributed by atoms with van der Waals surface area (Å²) >= 11 is 0. The number of hydrogen-bond acceptors (Lipinski definition) is 10. The summed E-state index contributed by atoms with van der Waals surface area (Å²) in [4.78, 5) is 23.2. The van der Waals surface area contributed by atoms with Crippen LogP contribution in [0.2, 0.25) is 0 Å². The zero-order valence-corrected chi connectivity index (χ0v) is 13.1. The normalized spacial score (nSPS) is 26.2. The minimum Gasteiger partial charge on any atom is -0.394 e. The summed E-state index contributed by atoms with van der Waals surface area (Å²) in [5.74, 6) is -0.172. The molecule has 1 amide bonds. The highest BCUT2D eigenvalue weighted by Gasteiger charge is 2.45. The number of hydrogen-bond donors (Lipinski definition) is 6. The number of aliphatic hydroxyl groups is 3. The molecule has 1 aliphatic heterocycles. The molecule has 8 N–H and O–H groups in total. The Morgan fingerprint density at radius 3 is 2.76 bits per heavy atom. The first-order valence-corrected chi connectivity index (χ1v) is 7.57. The van der Waals surface area contributed by atoms with Crippen LogP contribution in [0.1, 0.15) is 12.6 Å². The minimum atomic E-state index is -1.33. The number of nitrogens with one attached hydrogen (secondary N) is 1. The monoisotopic (exact) mass is 353 g/mol. The standard InChI is InChI=1S/C13H19N7O5/c14-6(22)1-2-16-13-19-7-10(15)17-4-18-11(7)20(13)12-9(24)8(23)5(3-21)25-12/h4-5,8-9,12,21,23-24H,1-3H2,(H2,14,22)(H,16,19)(H2,15,17,18)/t5-,8-,9-,12-/m1/s1. The molecule has 0 aliphatic carbocycles. The molecule has 4 atom stereocenters. The van der Waals surface area contributed by atoms with E-state index in [0.717, 1.165) is 0 Å². The van der Waals surface area contributed by atoms with Gasteiger partial charge >= 0.3 is 0 Å². The van der Waals surface area contributed by atoms with E-state index in [1.807, 2.05) is 0 Å². The van der Waals surface area contributed by atoms with Crippen molar-refractivity contribution in [1.29, 1.82) is 0 Å².